The van der Waals surface area contributed by atoms with Gasteiger partial charge in [0.1, 0.15) is 0 Å². The van der Waals surface area contributed by atoms with Gasteiger partial charge in [-0.3, -0.25) is 0 Å². The average Bonchev–Trinajstić information content (AvgIpc) is 1.90. The van der Waals surface area contributed by atoms with Crippen LogP contribution in [0.1, 0.15) is 13.3 Å². The predicted octanol–water partition coefficient (Wildman–Crippen LogP) is 1.96. The summed E-state index contributed by atoms with van der Waals surface area (Å²) in [6.45, 7) is 2.12. The molecule has 0 saturated heterocycles. The molecule has 0 heterocycles. The van der Waals surface area contributed by atoms with Crippen molar-refractivity contribution in [3.63, 3.8) is 0 Å². The van der Waals surface area contributed by atoms with E-state index in [2.05, 4.69) is 28.0 Å². The number of hydrogen-bond acceptors (Lipinski definition) is 1. The van der Waals surface area contributed by atoms with E-state index >= 15 is 0 Å². The van der Waals surface area contributed by atoms with Gasteiger partial charge < -0.3 is 0 Å². The second-order valence-corrected chi connectivity index (χ2v) is 7.63. The van der Waals surface area contributed by atoms with Gasteiger partial charge in [0, 0.05) is 0 Å². The molecule has 5 heteroatoms. The Balaban J connectivity index is 3.95. The van der Waals surface area contributed by atoms with Crippen molar-refractivity contribution in [1.82, 2.24) is 0 Å². The molecule has 0 N–H and O–H groups in total. The molecule has 0 saturated carbocycles. The van der Waals surface area contributed by atoms with E-state index in [1.54, 1.807) is 0 Å². The second-order valence-electron chi connectivity index (χ2n) is 1.47. The zero-order chi connectivity index (χ0) is 7.28. The van der Waals surface area contributed by atoms with Crippen molar-refractivity contribution >= 4 is 39.4 Å². The van der Waals surface area contributed by atoms with Crippen molar-refractivity contribution in [2.75, 3.05) is 0 Å². The van der Waals surface area contributed by atoms with E-state index in [4.69, 9.17) is 21.9 Å². The zero-order valence-corrected chi connectivity index (χ0v) is 9.58. The minimum absolute atomic E-state index is 0.159. The van der Waals surface area contributed by atoms with Crippen LogP contribution in [0.2, 0.25) is 4.64 Å². The fourth-order valence-electron chi connectivity index (χ4n) is 0.313. The third kappa shape index (κ3) is 4.30. The predicted molar refractivity (Wildman–Crippen MR) is 46.8 cm³/mol. The maximum absolute atomic E-state index is 5.89. The van der Waals surface area contributed by atoms with Gasteiger partial charge in [0.25, 0.3) is 0 Å². The second kappa shape index (κ2) is 6.53. The first-order valence-electron chi connectivity index (χ1n) is 2.46. The van der Waals surface area contributed by atoms with Gasteiger partial charge >= 0.3 is 83.7 Å². The Morgan fingerprint density at radius 3 is 2.56 bits per heavy atom. The van der Waals surface area contributed by atoms with Crippen molar-refractivity contribution in [1.29, 1.82) is 0 Å². The summed E-state index contributed by atoms with van der Waals surface area (Å²) < 4.78 is 0.956. The Hall–Kier alpha value is 1.82. The third-order valence-electron chi connectivity index (χ3n) is 0.920. The summed E-state index contributed by atoms with van der Waals surface area (Å²) in [5, 5.41) is 0.535. The van der Waals surface area contributed by atoms with Crippen LogP contribution in [0, 0.1) is 0 Å². The first kappa shape index (κ1) is 10.8. The molecule has 0 aliphatic heterocycles. The molecular formula is C4H8AgClS3. The molecule has 2 atom stereocenters. The number of hydrogen-bond donors (Lipinski definition) is 0. The molecule has 0 bridgehead atoms. The van der Waals surface area contributed by atoms with Crippen molar-refractivity contribution < 1.29 is 21.1 Å². The molecule has 0 radical (unpaired) electrons. The fourth-order valence-corrected chi connectivity index (χ4v) is 5.30. The first-order valence-corrected chi connectivity index (χ1v) is 7.88. The van der Waals surface area contributed by atoms with Gasteiger partial charge in [0.15, 0.2) is 0 Å². The van der Waals surface area contributed by atoms with Gasteiger partial charge in [-0.05, 0) is 0 Å². The summed E-state index contributed by atoms with van der Waals surface area (Å²) in [5.41, 5.74) is 0. The van der Waals surface area contributed by atoms with Crippen LogP contribution in [-0.4, -0.2) is 5.25 Å². The molecule has 0 amide bonds. The molecule has 0 aromatic carbocycles. The van der Waals surface area contributed by atoms with Gasteiger partial charge in [0.05, 0.1) is 0 Å². The molecule has 0 fully saturated rings. The summed E-state index contributed by atoms with van der Waals surface area (Å²) in [5.74, 6) is 0. The summed E-state index contributed by atoms with van der Waals surface area (Å²) in [6.07, 6.45) is 1.10. The summed E-state index contributed by atoms with van der Waals surface area (Å²) >= 11 is 8.16. The molecule has 0 spiro atoms. The van der Waals surface area contributed by atoms with Crippen molar-refractivity contribution in [3.05, 3.63) is 0 Å². The van der Waals surface area contributed by atoms with E-state index in [0.29, 0.717) is 5.25 Å². The Kier molecular flexibility index (Phi) is 7.85. The molecule has 0 rings (SSSR count). The van der Waals surface area contributed by atoms with Crippen LogP contribution < -0.4 is 0 Å². The molecule has 0 aliphatic rings. The molecule has 0 aliphatic carbocycles. The monoisotopic (exact) mass is 294 g/mol. The van der Waals surface area contributed by atoms with Crippen LogP contribution in [0.25, 0.3) is 0 Å². The Bertz CT molecular complexity index is 128. The van der Waals surface area contributed by atoms with Crippen LogP contribution in [0.15, 0.2) is 0 Å². The molecule has 9 heavy (non-hydrogen) atoms. The molecule has 2 unspecified atom stereocenters. The SMILES string of the molecule is CCC([CH2][Ag])S(Cl)=S=S. The molecule has 0 aromatic rings. The third-order valence-corrected chi connectivity index (χ3v) is 7.70. The van der Waals surface area contributed by atoms with E-state index < -0.39 is 0 Å². The first-order chi connectivity index (χ1) is 4.26. The van der Waals surface area contributed by atoms with E-state index in [1.165, 1.54) is 8.88 Å². The fraction of sp³-hybridized carbons (Fsp3) is 1.00. The van der Waals surface area contributed by atoms with Crippen molar-refractivity contribution in [2.24, 2.45) is 0 Å². The molecule has 0 nitrogen and oxygen atoms in total. The van der Waals surface area contributed by atoms with E-state index in [-0.39, 0.29) is 8.67 Å². The minimum atomic E-state index is -0.159. The van der Waals surface area contributed by atoms with E-state index in [1.807, 2.05) is 0 Å². The van der Waals surface area contributed by atoms with Gasteiger partial charge in [0.2, 0.25) is 0 Å². The van der Waals surface area contributed by atoms with E-state index in [0.717, 1.165) is 11.1 Å². The number of halogens is 1. The number of rotatable bonds is 3. The van der Waals surface area contributed by atoms with Crippen molar-refractivity contribution in [2.45, 2.75) is 23.2 Å². The molecule has 0 aromatic heterocycles. The summed E-state index contributed by atoms with van der Waals surface area (Å²) in [4.78, 5) is 0. The summed E-state index contributed by atoms with van der Waals surface area (Å²) in [6, 6.07) is 0. The van der Waals surface area contributed by atoms with Crippen LogP contribution >= 0.6 is 10.7 Å². The Morgan fingerprint density at radius 1 is 1.89 bits per heavy atom. The van der Waals surface area contributed by atoms with Gasteiger partial charge in [-0.25, -0.2) is 0 Å². The Morgan fingerprint density at radius 2 is 2.44 bits per heavy atom. The standard InChI is InChI=1S/C4H8ClS3.Ag/c1-3-4(2)8(5)7-6;/h4H,2-3H2,1H3;. The normalized spacial score (nSPS) is 16.9. The van der Waals surface area contributed by atoms with Crippen LogP contribution in [0.5, 0.6) is 0 Å². The van der Waals surface area contributed by atoms with E-state index in [9.17, 15) is 0 Å². The van der Waals surface area contributed by atoms with Gasteiger partial charge in [-0.15, -0.1) is 0 Å². The maximum atomic E-state index is 5.89. The quantitative estimate of drug-likeness (QED) is 0.567. The molecule has 60 valence electrons. The van der Waals surface area contributed by atoms with Crippen LogP contribution in [-0.2, 0) is 49.8 Å². The van der Waals surface area contributed by atoms with Gasteiger partial charge in [-0.2, -0.15) is 0 Å². The zero-order valence-electron chi connectivity index (χ0n) is 4.90. The van der Waals surface area contributed by atoms with Crippen LogP contribution in [0.4, 0.5) is 0 Å². The topological polar surface area (TPSA) is 0 Å². The average molecular weight is 296 g/mol. The Labute approximate surface area is 83.0 Å². The van der Waals surface area contributed by atoms with Crippen molar-refractivity contribution in [3.8, 4) is 0 Å². The summed E-state index contributed by atoms with van der Waals surface area (Å²) in [7, 11) is 7.06. The van der Waals surface area contributed by atoms with Crippen LogP contribution in [0.3, 0.4) is 0 Å². The molecular weight excluding hydrogens is 288 g/mol. The van der Waals surface area contributed by atoms with Gasteiger partial charge in [-0.1, -0.05) is 0 Å².